The number of halogens is 1. The fraction of sp³-hybridized carbons (Fsp3) is 0.0952. The molecule has 0 saturated carbocycles. The van der Waals surface area contributed by atoms with Crippen LogP contribution in [0.2, 0.25) is 0 Å². The SMILES string of the molecule is CS(=O)c1nccn2c(-c3ccc4c(c3)CC(=O)N4)c(-c3ccc(F)cc3)nc12. The van der Waals surface area contributed by atoms with Crippen molar-refractivity contribution in [1.29, 1.82) is 0 Å². The van der Waals surface area contributed by atoms with E-state index in [0.29, 0.717) is 22.8 Å². The number of hydrogen-bond acceptors (Lipinski definition) is 4. The van der Waals surface area contributed by atoms with Crippen LogP contribution >= 0.6 is 0 Å². The lowest BCUT2D eigenvalue weighted by Gasteiger charge is -2.08. The van der Waals surface area contributed by atoms with Crippen LogP contribution in [-0.4, -0.2) is 30.7 Å². The van der Waals surface area contributed by atoms with Crippen molar-refractivity contribution in [3.05, 3.63) is 66.2 Å². The molecule has 0 fully saturated rings. The number of fused-ring (bicyclic) bond motifs is 2. The Hall–Kier alpha value is -3.39. The van der Waals surface area contributed by atoms with E-state index in [4.69, 9.17) is 4.98 Å². The lowest BCUT2D eigenvalue weighted by Crippen LogP contribution is -2.03. The summed E-state index contributed by atoms with van der Waals surface area (Å²) < 4.78 is 27.5. The number of hydrogen-bond donors (Lipinski definition) is 1. The maximum atomic E-state index is 13.5. The Morgan fingerprint density at radius 1 is 1.14 bits per heavy atom. The van der Waals surface area contributed by atoms with Crippen LogP contribution in [0, 0.1) is 5.82 Å². The summed E-state index contributed by atoms with van der Waals surface area (Å²) >= 11 is 0. The number of nitrogens with one attached hydrogen (secondary N) is 1. The maximum absolute atomic E-state index is 13.5. The zero-order valence-electron chi connectivity index (χ0n) is 15.3. The topological polar surface area (TPSA) is 76.4 Å². The average Bonchev–Trinajstić information content (AvgIpc) is 3.27. The van der Waals surface area contributed by atoms with Crippen LogP contribution in [0.25, 0.3) is 28.2 Å². The highest BCUT2D eigenvalue weighted by atomic mass is 32.2. The van der Waals surface area contributed by atoms with Gasteiger partial charge < -0.3 is 5.32 Å². The largest absolute Gasteiger partial charge is 0.326 e. The number of aromatic nitrogens is 3. The van der Waals surface area contributed by atoms with Gasteiger partial charge in [-0.2, -0.15) is 0 Å². The summed E-state index contributed by atoms with van der Waals surface area (Å²) in [4.78, 5) is 20.7. The molecule has 1 unspecified atom stereocenters. The molecule has 0 radical (unpaired) electrons. The van der Waals surface area contributed by atoms with Crippen molar-refractivity contribution >= 4 is 28.0 Å². The Kier molecular flexibility index (Phi) is 4.02. The Balaban J connectivity index is 1.81. The van der Waals surface area contributed by atoms with Crippen molar-refractivity contribution in [1.82, 2.24) is 14.4 Å². The Bertz CT molecular complexity index is 1310. The molecular formula is C21H15FN4O2S. The summed E-state index contributed by atoms with van der Waals surface area (Å²) in [6.45, 7) is 0. The minimum Gasteiger partial charge on any atom is -0.326 e. The number of rotatable bonds is 3. The Morgan fingerprint density at radius 3 is 2.66 bits per heavy atom. The summed E-state index contributed by atoms with van der Waals surface area (Å²) in [6, 6.07) is 11.8. The second-order valence-electron chi connectivity index (χ2n) is 6.79. The predicted molar refractivity (Wildman–Crippen MR) is 108 cm³/mol. The molecule has 0 saturated heterocycles. The van der Waals surface area contributed by atoms with Gasteiger partial charge in [-0.25, -0.2) is 14.4 Å². The third-order valence-electron chi connectivity index (χ3n) is 4.90. The first kappa shape index (κ1) is 17.7. The van der Waals surface area contributed by atoms with Crippen molar-refractivity contribution in [3.63, 3.8) is 0 Å². The van der Waals surface area contributed by atoms with E-state index in [2.05, 4.69) is 10.3 Å². The summed E-state index contributed by atoms with van der Waals surface area (Å²) in [5.74, 6) is -0.375. The quantitative estimate of drug-likeness (QED) is 0.566. The Morgan fingerprint density at radius 2 is 1.90 bits per heavy atom. The van der Waals surface area contributed by atoms with Gasteiger partial charge in [0, 0.05) is 35.5 Å². The number of anilines is 1. The van der Waals surface area contributed by atoms with Gasteiger partial charge in [0.15, 0.2) is 10.7 Å². The molecule has 2 aromatic carbocycles. The fourth-order valence-corrected chi connectivity index (χ4v) is 4.23. The number of amides is 1. The van der Waals surface area contributed by atoms with E-state index in [1.165, 1.54) is 12.1 Å². The summed E-state index contributed by atoms with van der Waals surface area (Å²) in [6.07, 6.45) is 5.22. The zero-order valence-corrected chi connectivity index (χ0v) is 16.2. The average molecular weight is 406 g/mol. The first-order chi connectivity index (χ1) is 14.0. The van der Waals surface area contributed by atoms with Gasteiger partial charge in [0.2, 0.25) is 5.91 Å². The number of carbonyl (C=O) groups excluding carboxylic acids is 1. The highest BCUT2D eigenvalue weighted by molar-refractivity contribution is 7.84. The monoisotopic (exact) mass is 406 g/mol. The van der Waals surface area contributed by atoms with E-state index in [1.807, 2.05) is 22.6 Å². The van der Waals surface area contributed by atoms with Gasteiger partial charge in [-0.3, -0.25) is 13.4 Å². The lowest BCUT2D eigenvalue weighted by atomic mass is 10.0. The van der Waals surface area contributed by atoms with Crippen LogP contribution in [0.4, 0.5) is 10.1 Å². The van der Waals surface area contributed by atoms with Crippen LogP contribution in [0.3, 0.4) is 0 Å². The number of benzene rings is 2. The smallest absolute Gasteiger partial charge is 0.228 e. The van der Waals surface area contributed by atoms with Crippen LogP contribution in [0.5, 0.6) is 0 Å². The molecule has 6 nitrogen and oxygen atoms in total. The molecule has 3 heterocycles. The second-order valence-corrected chi connectivity index (χ2v) is 8.09. The molecule has 0 spiro atoms. The summed E-state index contributed by atoms with van der Waals surface area (Å²) in [7, 11) is -1.33. The molecule has 5 rings (SSSR count). The molecule has 1 atom stereocenters. The number of carbonyl (C=O) groups is 1. The second kappa shape index (κ2) is 6.59. The number of nitrogens with zero attached hydrogens (tertiary/aromatic N) is 3. The lowest BCUT2D eigenvalue weighted by molar-refractivity contribution is -0.115. The molecule has 8 heteroatoms. The molecular weight excluding hydrogens is 391 g/mol. The molecule has 2 aromatic heterocycles. The molecule has 0 aliphatic carbocycles. The van der Waals surface area contributed by atoms with Gasteiger partial charge in [0.1, 0.15) is 5.82 Å². The predicted octanol–water partition coefficient (Wildman–Crippen LogP) is 3.43. The third-order valence-corrected chi connectivity index (χ3v) is 5.74. The fourth-order valence-electron chi connectivity index (χ4n) is 3.62. The molecule has 1 aliphatic heterocycles. The van der Waals surface area contributed by atoms with E-state index >= 15 is 0 Å². The third kappa shape index (κ3) is 2.92. The molecule has 0 bridgehead atoms. The maximum Gasteiger partial charge on any atom is 0.228 e. The molecule has 144 valence electrons. The van der Waals surface area contributed by atoms with E-state index in [9.17, 15) is 13.4 Å². The molecule has 29 heavy (non-hydrogen) atoms. The van der Waals surface area contributed by atoms with Crippen LogP contribution < -0.4 is 5.32 Å². The standard InChI is InChI=1S/C21H15FN4O2S/c1-29(28)21-20-25-18(12-2-5-15(22)6-3-12)19(26(20)9-8-23-21)13-4-7-16-14(10-13)11-17(27)24-16/h2-10H,11H2,1H3,(H,24,27). The summed E-state index contributed by atoms with van der Waals surface area (Å²) in [5, 5.41) is 3.21. The highest BCUT2D eigenvalue weighted by Gasteiger charge is 2.23. The van der Waals surface area contributed by atoms with Crippen LogP contribution in [-0.2, 0) is 22.0 Å². The van der Waals surface area contributed by atoms with Gasteiger partial charge in [-0.1, -0.05) is 6.07 Å². The molecule has 1 N–H and O–H groups in total. The van der Waals surface area contributed by atoms with Crippen molar-refractivity contribution in [2.75, 3.05) is 11.6 Å². The highest BCUT2D eigenvalue weighted by Crippen LogP contribution is 2.36. The molecule has 4 aromatic rings. The van der Waals surface area contributed by atoms with E-state index in [1.54, 1.807) is 30.8 Å². The summed E-state index contributed by atoms with van der Waals surface area (Å²) in [5.41, 5.74) is 5.16. The van der Waals surface area contributed by atoms with E-state index in [0.717, 1.165) is 28.1 Å². The molecule has 1 aliphatic rings. The van der Waals surface area contributed by atoms with E-state index < -0.39 is 10.8 Å². The minimum atomic E-state index is -1.33. The number of imidazole rings is 1. The zero-order chi connectivity index (χ0) is 20.1. The van der Waals surface area contributed by atoms with Crippen molar-refractivity contribution in [2.24, 2.45) is 0 Å². The Labute approximate surface area is 167 Å². The van der Waals surface area contributed by atoms with Gasteiger partial charge in [0.05, 0.1) is 28.6 Å². The van der Waals surface area contributed by atoms with Crippen molar-refractivity contribution < 1.29 is 13.4 Å². The van der Waals surface area contributed by atoms with Crippen molar-refractivity contribution in [3.8, 4) is 22.5 Å². The first-order valence-electron chi connectivity index (χ1n) is 8.91. The molecule has 1 amide bonds. The van der Waals surface area contributed by atoms with E-state index in [-0.39, 0.29) is 11.7 Å². The van der Waals surface area contributed by atoms with Gasteiger partial charge >= 0.3 is 0 Å². The van der Waals surface area contributed by atoms with Crippen molar-refractivity contribution in [2.45, 2.75) is 11.4 Å². The van der Waals surface area contributed by atoms with Gasteiger partial charge in [0.25, 0.3) is 0 Å². The van der Waals surface area contributed by atoms with Crippen LogP contribution in [0.1, 0.15) is 5.56 Å². The first-order valence-corrected chi connectivity index (χ1v) is 10.5. The van der Waals surface area contributed by atoms with Gasteiger partial charge in [-0.05, 0) is 42.0 Å². The van der Waals surface area contributed by atoms with Crippen LogP contribution in [0.15, 0.2) is 59.9 Å². The normalized spacial score (nSPS) is 14.1. The van der Waals surface area contributed by atoms with Gasteiger partial charge in [-0.15, -0.1) is 0 Å². The minimum absolute atomic E-state index is 0.0399.